The molecule has 2 heterocycles. The van der Waals surface area contributed by atoms with Gasteiger partial charge in [0.1, 0.15) is 18.7 Å². The van der Waals surface area contributed by atoms with Crippen molar-refractivity contribution in [3.8, 4) is 12.3 Å². The van der Waals surface area contributed by atoms with Gasteiger partial charge in [-0.25, -0.2) is 9.59 Å². The number of hydrogen-bond acceptors (Lipinski definition) is 9. The predicted molar refractivity (Wildman–Crippen MR) is 281 cm³/mol. The first-order valence-electron chi connectivity index (χ1n) is 23.0. The van der Waals surface area contributed by atoms with E-state index in [0.717, 1.165) is 24.3 Å². The number of carbonyl (C=O) groups excluding carboxylic acids is 4. The Labute approximate surface area is 456 Å². The maximum atomic E-state index is 12.6. The number of carbonyl (C=O) groups is 4. The van der Waals surface area contributed by atoms with Gasteiger partial charge >= 0.3 is 56.9 Å². The number of H-pyrrole nitrogens is 1. The molecular weight excluding hydrogens is 1290 g/mol. The molecule has 2 amide bonds. The summed E-state index contributed by atoms with van der Waals surface area (Å²) < 4.78 is 14.8. The summed E-state index contributed by atoms with van der Waals surface area (Å²) in [7, 11) is 0.892. The van der Waals surface area contributed by atoms with E-state index in [2.05, 4.69) is 79.7 Å². The van der Waals surface area contributed by atoms with Gasteiger partial charge < -0.3 is 47.2 Å². The van der Waals surface area contributed by atoms with Crippen LogP contribution in [-0.2, 0) is 75.2 Å². The number of ketones is 2. The molecule has 0 saturated carbocycles. The number of terminal acetylenes is 1. The molecule has 2 aromatic carbocycles. The summed E-state index contributed by atoms with van der Waals surface area (Å²) in [6.07, 6.45) is 18.0. The van der Waals surface area contributed by atoms with Crippen LogP contribution in [0.5, 0.6) is 0 Å². The van der Waals surface area contributed by atoms with E-state index in [1.807, 2.05) is 77.9 Å². The fraction of sp³-hybridized carbons (Fsp3) is 0.600. The van der Waals surface area contributed by atoms with Crippen molar-refractivity contribution in [1.82, 2.24) is 26.0 Å². The molecule has 0 spiro atoms. The zero-order chi connectivity index (χ0) is 51.1. The molecule has 4 rings (SSSR count). The Balaban J connectivity index is -0.000000275. The molecule has 3 radical (unpaired) electrons. The zero-order valence-corrected chi connectivity index (χ0v) is 49.7. The molecule has 1 aliphatic heterocycles. The van der Waals surface area contributed by atoms with E-state index in [0.29, 0.717) is 34.4 Å². The van der Waals surface area contributed by atoms with Crippen molar-refractivity contribution in [3.63, 3.8) is 0 Å². The van der Waals surface area contributed by atoms with Crippen molar-refractivity contribution >= 4 is 48.0 Å². The molecule has 1 saturated heterocycles. The number of Topliss-reactive ketones (excluding diaryl/α,β-unsaturated/α-hetero) is 2. The number of aromatic amines is 1. The second-order valence-electron chi connectivity index (χ2n) is 17.3. The summed E-state index contributed by atoms with van der Waals surface area (Å²) >= 11 is 0. The van der Waals surface area contributed by atoms with Crippen LogP contribution in [0.1, 0.15) is 138 Å². The summed E-state index contributed by atoms with van der Waals surface area (Å²) in [5, 5.41) is 14.7. The molecule has 3 aromatic rings. The Morgan fingerprint density at radius 1 is 0.729 bits per heavy atom. The molecule has 1 aliphatic rings. The Kier molecular flexibility index (Phi) is 50.5. The van der Waals surface area contributed by atoms with E-state index in [1.165, 1.54) is 54.7 Å². The van der Waals surface area contributed by atoms with E-state index in [9.17, 15) is 19.2 Å². The van der Waals surface area contributed by atoms with Crippen LogP contribution in [0.3, 0.4) is 0 Å². The van der Waals surface area contributed by atoms with Gasteiger partial charge in [0.15, 0.2) is 18.2 Å². The third kappa shape index (κ3) is 41.3. The standard InChI is InChI=1S/C17H21N4O3.C17H21NO3.2C6H15P.C4H8O.2Au.B.N3/c1-17(2,3)9-14(22)15(12-7-5-4-6-8-12)19-16(23)24-11-13-10-18-21-20-13;1-5-11-21-16(20)18-15(13-9-7-6-8-10-13)14(19)12-17(2,3)4;2*1-4-7(5-2)6-3;1-2-4-5-3-1;;;;1-3-2/h4-8,15H,9,11H2,1-3H3,(H,19,23)(H,18,20,21);1,6-10,15H,11-12H2,2-4H3,(H,18,20);2*4-6H2,1-3H3;1-4H2;;;;/q-1;;;;;2*+1;;-1/t2*15-;;;;;;;/m11......./s1. The van der Waals surface area contributed by atoms with Crippen LogP contribution < -0.4 is 10.6 Å². The van der Waals surface area contributed by atoms with Crippen LogP contribution in [0, 0.1) is 29.4 Å². The van der Waals surface area contributed by atoms with E-state index < -0.39 is 24.3 Å². The SMILES string of the molecule is C#CCOC(=O)N[C@@H](C(=O)CC(C)(C)C)c1ccccc1.C1CCOC1.CC(C)(C)CC(=O)[C@H](NC(=O)OCc1[c-]nn[nH]1)c1ccccc1.CCP(CC)CC.CCP(CC)CC.[Au+].[Au+].[B].[N-]=[N+]=[N-]. The van der Waals surface area contributed by atoms with Crippen LogP contribution in [0.25, 0.3) is 16.0 Å². The summed E-state index contributed by atoms with van der Waals surface area (Å²) in [6.45, 7) is 27.4. The first-order valence-corrected chi connectivity index (χ1v) is 26.8. The van der Waals surface area contributed by atoms with Crippen LogP contribution in [0.4, 0.5) is 9.59 Å². The van der Waals surface area contributed by atoms with E-state index in [1.54, 1.807) is 24.3 Å². The van der Waals surface area contributed by atoms with Gasteiger partial charge in [-0.15, -0.1) is 27.5 Å². The van der Waals surface area contributed by atoms with Gasteiger partial charge in [0.25, 0.3) is 0 Å². The minimum atomic E-state index is -0.748. The number of aromatic nitrogens is 3. The number of rotatable bonds is 17. The second-order valence-corrected chi connectivity index (χ2v) is 23.8. The molecule has 1 aromatic heterocycles. The smallest absolute Gasteiger partial charge is 0.446 e. The molecule has 0 unspecified atom stereocenters. The van der Waals surface area contributed by atoms with Crippen molar-refractivity contribution in [2.24, 2.45) is 10.8 Å². The molecule has 3 N–H and O–H groups in total. The second kappa shape index (κ2) is 46.7. The van der Waals surface area contributed by atoms with Crippen molar-refractivity contribution in [2.75, 3.05) is 56.8 Å². The fourth-order valence-electron chi connectivity index (χ4n) is 5.92. The molecule has 1 fully saturated rings. The van der Waals surface area contributed by atoms with Crippen molar-refractivity contribution < 1.29 is 78.1 Å². The van der Waals surface area contributed by atoms with Gasteiger partial charge in [-0.05, 0) is 71.8 Å². The monoisotopic (exact) mass is 1370 g/mol. The molecule has 0 bridgehead atoms. The Morgan fingerprint density at radius 2 is 1.09 bits per heavy atom. The summed E-state index contributed by atoms with van der Waals surface area (Å²) in [5.74, 6) is 2.08. The third-order valence-electron chi connectivity index (χ3n) is 9.41. The number of hydrogen-bond donors (Lipinski definition) is 3. The largest absolute Gasteiger partial charge is 1.00 e. The van der Waals surface area contributed by atoms with Crippen molar-refractivity contribution in [1.29, 1.82) is 0 Å². The number of amides is 2. The van der Waals surface area contributed by atoms with E-state index >= 15 is 0 Å². The van der Waals surface area contributed by atoms with Gasteiger partial charge in [-0.1, -0.05) is 155 Å². The van der Waals surface area contributed by atoms with Gasteiger partial charge in [-0.3, -0.25) is 19.6 Å². The number of ether oxygens (including phenoxy) is 3. The quantitative estimate of drug-likeness (QED) is 0.0222. The van der Waals surface area contributed by atoms with Gasteiger partial charge in [0.2, 0.25) is 0 Å². The Morgan fingerprint density at radius 3 is 1.34 bits per heavy atom. The molecule has 0 aliphatic carbocycles. The molecule has 20 heteroatoms. The topological polar surface area (TPSA) is 220 Å². The molecule has 397 valence electrons. The minimum absolute atomic E-state index is 0. The summed E-state index contributed by atoms with van der Waals surface area (Å²) in [6, 6.07) is 16.7. The minimum Gasteiger partial charge on any atom is -0.446 e. The molecule has 15 nitrogen and oxygen atoms in total. The van der Waals surface area contributed by atoms with Crippen LogP contribution >= 0.6 is 15.8 Å². The molecule has 2 atom stereocenters. The summed E-state index contributed by atoms with van der Waals surface area (Å²) in [5.41, 5.74) is 15.1. The van der Waals surface area contributed by atoms with Gasteiger partial charge in [-0.2, -0.15) is 0 Å². The first kappa shape index (κ1) is 75.6. The normalized spacial score (nSPS) is 11.8. The molecular formula is C50H80Au2BN8O7P2. The van der Waals surface area contributed by atoms with E-state index in [4.69, 9.17) is 31.7 Å². The van der Waals surface area contributed by atoms with Gasteiger partial charge in [0.05, 0.1) is 0 Å². The van der Waals surface area contributed by atoms with Gasteiger partial charge in [0, 0.05) is 34.5 Å². The Bertz CT molecular complexity index is 1790. The predicted octanol–water partition coefficient (Wildman–Crippen LogP) is 12.0. The maximum absolute atomic E-state index is 12.6. The maximum Gasteiger partial charge on any atom is 1.00 e. The van der Waals surface area contributed by atoms with Crippen LogP contribution in [-0.4, -0.2) is 104 Å². The summed E-state index contributed by atoms with van der Waals surface area (Å²) in [4.78, 5) is 50.3. The Hall–Kier alpha value is -3.30. The zero-order valence-electron chi connectivity index (χ0n) is 43.6. The number of nitrogens with one attached hydrogen (secondary N) is 3. The number of alkyl carbamates (subject to hydrolysis) is 2. The third-order valence-corrected chi connectivity index (χ3v) is 14.8. The number of nitrogens with zero attached hydrogens (tertiary/aromatic N) is 5. The first-order chi connectivity index (χ1) is 31.8. The average Bonchev–Trinajstić information content (AvgIpc) is 4.06. The van der Waals surface area contributed by atoms with Crippen LogP contribution in [0.2, 0.25) is 0 Å². The van der Waals surface area contributed by atoms with Crippen molar-refractivity contribution in [2.45, 2.75) is 127 Å². The molecule has 70 heavy (non-hydrogen) atoms. The number of benzene rings is 2. The van der Waals surface area contributed by atoms with Crippen molar-refractivity contribution in [3.05, 3.63) is 99.7 Å². The van der Waals surface area contributed by atoms with E-state index in [-0.39, 0.29) is 88.8 Å². The van der Waals surface area contributed by atoms with Crippen LogP contribution in [0.15, 0.2) is 60.7 Å². The average molecular weight is 1370 g/mol. The fourth-order valence-corrected chi connectivity index (χ4v) is 8.60.